The van der Waals surface area contributed by atoms with Crippen molar-refractivity contribution in [2.45, 2.75) is 13.8 Å². The molecule has 28 heavy (non-hydrogen) atoms. The summed E-state index contributed by atoms with van der Waals surface area (Å²) in [7, 11) is 1.58. The number of rotatable bonds is 4. The molecule has 0 amide bonds. The van der Waals surface area contributed by atoms with Crippen LogP contribution in [0.4, 0.5) is 0 Å². The average Bonchev–Trinajstić information content (AvgIpc) is 2.71. The molecule has 0 spiro atoms. The summed E-state index contributed by atoms with van der Waals surface area (Å²) in [5.41, 5.74) is 4.13. The molecule has 0 radical (unpaired) electrons. The van der Waals surface area contributed by atoms with Crippen molar-refractivity contribution < 1.29 is 9.47 Å². The van der Waals surface area contributed by atoms with Gasteiger partial charge in [0.15, 0.2) is 5.75 Å². The van der Waals surface area contributed by atoms with Gasteiger partial charge in [0.2, 0.25) is 0 Å². The van der Waals surface area contributed by atoms with Gasteiger partial charge in [-0.3, -0.25) is 9.97 Å². The van der Waals surface area contributed by atoms with E-state index in [4.69, 9.17) is 26.1 Å². The third-order valence-electron chi connectivity index (χ3n) is 4.53. The van der Waals surface area contributed by atoms with Crippen LogP contribution in [0.15, 0.2) is 54.9 Å². The van der Waals surface area contributed by atoms with Gasteiger partial charge < -0.3 is 9.47 Å². The zero-order valence-corrected chi connectivity index (χ0v) is 16.5. The van der Waals surface area contributed by atoms with E-state index in [1.165, 1.54) is 0 Å². The number of pyridine rings is 3. The molecule has 0 saturated heterocycles. The van der Waals surface area contributed by atoms with E-state index in [1.807, 2.05) is 50.2 Å². The van der Waals surface area contributed by atoms with E-state index < -0.39 is 0 Å². The number of aromatic nitrogens is 3. The molecule has 0 N–H and O–H groups in total. The summed E-state index contributed by atoms with van der Waals surface area (Å²) in [6.45, 7) is 3.98. The molecule has 0 aliphatic carbocycles. The normalized spacial score (nSPS) is 10.9. The molecule has 0 saturated carbocycles. The minimum Gasteiger partial charge on any atom is -0.495 e. The highest BCUT2D eigenvalue weighted by Gasteiger charge is 2.15. The summed E-state index contributed by atoms with van der Waals surface area (Å²) < 4.78 is 11.7. The Kier molecular flexibility index (Phi) is 4.84. The minimum atomic E-state index is 0.502. The number of aryl methyl sites for hydroxylation is 2. The van der Waals surface area contributed by atoms with Crippen molar-refractivity contribution in [3.05, 3.63) is 71.1 Å². The predicted octanol–water partition coefficient (Wildman–Crippen LogP) is 5.76. The van der Waals surface area contributed by atoms with Gasteiger partial charge in [-0.25, -0.2) is 4.98 Å². The standard InChI is InChI=1S/C22H18ClN3O2/c1-13-10-21(22(26-14(13)2)17-6-4-5-8-24-17)28-19-7-9-25-18-12-16(23)20(27-3)11-15(18)19/h4-12H,1-3H3. The molecule has 4 rings (SSSR count). The van der Waals surface area contributed by atoms with Gasteiger partial charge in [0.1, 0.15) is 17.2 Å². The van der Waals surface area contributed by atoms with Crippen LogP contribution < -0.4 is 9.47 Å². The van der Waals surface area contributed by atoms with Crippen molar-refractivity contribution in [3.63, 3.8) is 0 Å². The number of methoxy groups -OCH3 is 1. The molecule has 140 valence electrons. The van der Waals surface area contributed by atoms with Crippen LogP contribution in [-0.4, -0.2) is 22.1 Å². The number of benzene rings is 1. The summed E-state index contributed by atoms with van der Waals surface area (Å²) in [6.07, 6.45) is 3.43. The maximum Gasteiger partial charge on any atom is 0.155 e. The van der Waals surface area contributed by atoms with Gasteiger partial charge in [-0.2, -0.15) is 0 Å². The molecule has 0 fully saturated rings. The number of halogens is 1. The van der Waals surface area contributed by atoms with Gasteiger partial charge in [0.25, 0.3) is 0 Å². The van der Waals surface area contributed by atoms with Gasteiger partial charge in [-0.05, 0) is 55.8 Å². The first-order valence-corrected chi connectivity index (χ1v) is 9.14. The van der Waals surface area contributed by atoms with Crippen LogP contribution in [-0.2, 0) is 0 Å². The molecule has 3 heterocycles. The highest BCUT2D eigenvalue weighted by atomic mass is 35.5. The Morgan fingerprint density at radius 3 is 2.50 bits per heavy atom. The van der Waals surface area contributed by atoms with Gasteiger partial charge in [-0.1, -0.05) is 17.7 Å². The molecule has 5 nitrogen and oxygen atoms in total. The quantitative estimate of drug-likeness (QED) is 0.442. The van der Waals surface area contributed by atoms with Crippen molar-refractivity contribution in [1.29, 1.82) is 0 Å². The van der Waals surface area contributed by atoms with Crippen LogP contribution >= 0.6 is 11.6 Å². The highest BCUT2D eigenvalue weighted by Crippen LogP contribution is 2.38. The van der Waals surface area contributed by atoms with E-state index in [0.717, 1.165) is 27.9 Å². The first-order chi connectivity index (χ1) is 13.6. The zero-order chi connectivity index (χ0) is 19.7. The lowest BCUT2D eigenvalue weighted by molar-refractivity contribution is 0.415. The first kappa shape index (κ1) is 18.2. The van der Waals surface area contributed by atoms with Crippen LogP contribution in [0.3, 0.4) is 0 Å². The fourth-order valence-corrected chi connectivity index (χ4v) is 3.17. The second-order valence-corrected chi connectivity index (χ2v) is 6.77. The molecule has 3 aromatic heterocycles. The van der Waals surface area contributed by atoms with Crippen LogP contribution in [0.25, 0.3) is 22.3 Å². The van der Waals surface area contributed by atoms with Gasteiger partial charge in [-0.15, -0.1) is 0 Å². The summed E-state index contributed by atoms with van der Waals surface area (Å²) in [6, 6.07) is 13.1. The molecule has 0 unspecified atom stereocenters. The van der Waals surface area contributed by atoms with Gasteiger partial charge >= 0.3 is 0 Å². The third kappa shape index (κ3) is 3.37. The SMILES string of the molecule is COc1cc2c(Oc3cc(C)c(C)nc3-c3ccccn3)ccnc2cc1Cl. The van der Waals surface area contributed by atoms with Crippen molar-refractivity contribution in [3.8, 4) is 28.6 Å². The molecule has 1 aromatic carbocycles. The first-order valence-electron chi connectivity index (χ1n) is 8.76. The summed E-state index contributed by atoms with van der Waals surface area (Å²) in [4.78, 5) is 13.5. The minimum absolute atomic E-state index is 0.502. The molecule has 4 aromatic rings. The van der Waals surface area contributed by atoms with Crippen LogP contribution in [0.1, 0.15) is 11.3 Å². The molecular weight excluding hydrogens is 374 g/mol. The second kappa shape index (κ2) is 7.44. The van der Waals surface area contributed by atoms with E-state index >= 15 is 0 Å². The Bertz CT molecular complexity index is 1160. The molecular formula is C22H18ClN3O2. The van der Waals surface area contributed by atoms with Crippen molar-refractivity contribution in [1.82, 2.24) is 15.0 Å². The maximum absolute atomic E-state index is 6.31. The van der Waals surface area contributed by atoms with E-state index in [1.54, 1.807) is 25.6 Å². The Morgan fingerprint density at radius 1 is 0.893 bits per heavy atom. The van der Waals surface area contributed by atoms with Crippen LogP contribution in [0.5, 0.6) is 17.2 Å². The fraction of sp³-hybridized carbons (Fsp3) is 0.136. The zero-order valence-electron chi connectivity index (χ0n) is 15.7. The Labute approximate surface area is 168 Å². The summed E-state index contributed by atoms with van der Waals surface area (Å²) in [5.74, 6) is 1.83. The van der Waals surface area contributed by atoms with Gasteiger partial charge in [0, 0.05) is 23.5 Å². The van der Waals surface area contributed by atoms with E-state index in [-0.39, 0.29) is 0 Å². The second-order valence-electron chi connectivity index (χ2n) is 6.37. The lowest BCUT2D eigenvalue weighted by Gasteiger charge is -2.14. The number of hydrogen-bond donors (Lipinski definition) is 0. The van der Waals surface area contributed by atoms with Crippen molar-refractivity contribution in [2.24, 2.45) is 0 Å². The van der Waals surface area contributed by atoms with Crippen molar-refractivity contribution >= 4 is 22.5 Å². The highest BCUT2D eigenvalue weighted by molar-refractivity contribution is 6.32. The summed E-state index contributed by atoms with van der Waals surface area (Å²) >= 11 is 6.24. The molecule has 0 aliphatic rings. The summed E-state index contributed by atoms with van der Waals surface area (Å²) in [5, 5.41) is 1.30. The molecule has 0 bridgehead atoms. The number of nitrogens with zero attached hydrogens (tertiary/aromatic N) is 3. The molecule has 0 atom stereocenters. The molecule has 0 aliphatic heterocycles. The van der Waals surface area contributed by atoms with E-state index in [9.17, 15) is 0 Å². The van der Waals surface area contributed by atoms with Crippen LogP contribution in [0.2, 0.25) is 5.02 Å². The van der Waals surface area contributed by atoms with Gasteiger partial charge in [0.05, 0.1) is 23.3 Å². The largest absolute Gasteiger partial charge is 0.495 e. The third-order valence-corrected chi connectivity index (χ3v) is 4.83. The maximum atomic E-state index is 6.31. The predicted molar refractivity (Wildman–Crippen MR) is 110 cm³/mol. The van der Waals surface area contributed by atoms with Crippen LogP contribution in [0, 0.1) is 13.8 Å². The Balaban J connectivity index is 1.87. The number of fused-ring (bicyclic) bond motifs is 1. The van der Waals surface area contributed by atoms with E-state index in [2.05, 4.69) is 9.97 Å². The van der Waals surface area contributed by atoms with E-state index in [0.29, 0.717) is 28.0 Å². The fourth-order valence-electron chi connectivity index (χ4n) is 2.93. The Morgan fingerprint density at radius 2 is 1.75 bits per heavy atom. The smallest absolute Gasteiger partial charge is 0.155 e. The lowest BCUT2D eigenvalue weighted by Crippen LogP contribution is -1.98. The number of hydrogen-bond acceptors (Lipinski definition) is 5. The topological polar surface area (TPSA) is 57.1 Å². The number of ether oxygens (including phenoxy) is 2. The lowest BCUT2D eigenvalue weighted by atomic mass is 10.1. The van der Waals surface area contributed by atoms with Crippen molar-refractivity contribution in [2.75, 3.05) is 7.11 Å². The Hall–Kier alpha value is -3.18. The average molecular weight is 392 g/mol. The monoisotopic (exact) mass is 391 g/mol. The molecule has 6 heteroatoms.